The van der Waals surface area contributed by atoms with Crippen molar-refractivity contribution in [3.8, 4) is 5.75 Å². The molecule has 5 heteroatoms. The summed E-state index contributed by atoms with van der Waals surface area (Å²) in [4.78, 5) is 4.35. The summed E-state index contributed by atoms with van der Waals surface area (Å²) in [5.41, 5.74) is 1.63. The molecule has 0 saturated carbocycles. The van der Waals surface area contributed by atoms with Gasteiger partial charge >= 0.3 is 0 Å². The van der Waals surface area contributed by atoms with Crippen LogP contribution in [0.4, 0.5) is 0 Å². The van der Waals surface area contributed by atoms with Crippen molar-refractivity contribution in [3.63, 3.8) is 0 Å². The van der Waals surface area contributed by atoms with E-state index < -0.39 is 0 Å². The van der Waals surface area contributed by atoms with E-state index in [0.29, 0.717) is 21.7 Å². The van der Waals surface area contributed by atoms with Crippen LogP contribution >= 0.6 is 34.8 Å². The minimum atomic E-state index is 0.326. The van der Waals surface area contributed by atoms with Crippen molar-refractivity contribution >= 4 is 45.7 Å². The summed E-state index contributed by atoms with van der Waals surface area (Å²) in [5, 5.41) is 2.81. The van der Waals surface area contributed by atoms with E-state index in [1.807, 2.05) is 30.3 Å². The lowest BCUT2D eigenvalue weighted by molar-refractivity contribution is 0.307. The molecule has 0 aliphatic heterocycles. The monoisotopic (exact) mass is 337 g/mol. The van der Waals surface area contributed by atoms with Gasteiger partial charge in [-0.25, -0.2) is 0 Å². The van der Waals surface area contributed by atoms with E-state index in [4.69, 9.17) is 39.5 Å². The van der Waals surface area contributed by atoms with E-state index >= 15 is 0 Å². The van der Waals surface area contributed by atoms with Crippen LogP contribution < -0.4 is 4.74 Å². The molecule has 0 spiro atoms. The fourth-order valence-electron chi connectivity index (χ4n) is 2.03. The number of benzene rings is 2. The quantitative estimate of drug-likeness (QED) is 0.604. The van der Waals surface area contributed by atoms with E-state index in [0.717, 1.165) is 22.2 Å². The summed E-state index contributed by atoms with van der Waals surface area (Å²) in [6.45, 7) is 0.326. The van der Waals surface area contributed by atoms with Crippen molar-refractivity contribution in [2.24, 2.45) is 0 Å². The molecule has 106 valence electrons. The van der Waals surface area contributed by atoms with Crippen LogP contribution in [0.25, 0.3) is 10.9 Å². The molecule has 1 heterocycles. The second kappa shape index (κ2) is 6.10. The van der Waals surface area contributed by atoms with Crippen molar-refractivity contribution in [1.82, 2.24) is 4.98 Å². The molecule has 0 aliphatic carbocycles. The topological polar surface area (TPSA) is 22.1 Å². The number of halogens is 3. The Morgan fingerprint density at radius 3 is 2.43 bits per heavy atom. The van der Waals surface area contributed by atoms with Crippen LogP contribution in [-0.2, 0) is 6.61 Å². The highest BCUT2D eigenvalue weighted by Crippen LogP contribution is 2.28. The van der Waals surface area contributed by atoms with Crippen LogP contribution in [0.3, 0.4) is 0 Å². The molecule has 3 rings (SSSR count). The average Bonchev–Trinajstić information content (AvgIpc) is 2.48. The number of hydrogen-bond donors (Lipinski definition) is 0. The molecule has 0 saturated heterocycles. The van der Waals surface area contributed by atoms with Crippen molar-refractivity contribution in [1.29, 1.82) is 0 Å². The Morgan fingerprint density at radius 1 is 0.905 bits per heavy atom. The molecule has 0 aliphatic rings. The lowest BCUT2D eigenvalue weighted by Crippen LogP contribution is -1.98. The third-order valence-electron chi connectivity index (χ3n) is 3.06. The number of ether oxygens (including phenoxy) is 1. The fourth-order valence-corrected chi connectivity index (χ4v) is 2.53. The van der Waals surface area contributed by atoms with Gasteiger partial charge in [0.1, 0.15) is 12.4 Å². The summed E-state index contributed by atoms with van der Waals surface area (Å²) in [6.07, 6.45) is 1.60. The molecular formula is C16H10Cl3NO. The van der Waals surface area contributed by atoms with Crippen molar-refractivity contribution in [2.75, 3.05) is 0 Å². The standard InChI is InChI=1S/C16H10Cl3NO/c17-11-2-4-13(5-3-11)21-9-14-15(19)6-1-10-7-12(18)8-20-16(10)14/h1-8H,9H2. The Labute approximate surface area is 137 Å². The smallest absolute Gasteiger partial charge is 0.119 e. The Balaban J connectivity index is 1.92. The number of pyridine rings is 1. The van der Waals surface area contributed by atoms with Crippen LogP contribution in [0.2, 0.25) is 15.1 Å². The Morgan fingerprint density at radius 2 is 1.67 bits per heavy atom. The van der Waals surface area contributed by atoms with Crippen LogP contribution in [0.1, 0.15) is 5.56 Å². The molecule has 0 atom stereocenters. The van der Waals surface area contributed by atoms with Gasteiger partial charge in [0.25, 0.3) is 0 Å². The van der Waals surface area contributed by atoms with Crippen molar-refractivity contribution in [2.45, 2.75) is 6.61 Å². The van der Waals surface area contributed by atoms with Gasteiger partial charge < -0.3 is 4.74 Å². The maximum absolute atomic E-state index is 6.26. The molecule has 3 aromatic rings. The molecule has 2 aromatic carbocycles. The largest absolute Gasteiger partial charge is 0.489 e. The highest BCUT2D eigenvalue weighted by Gasteiger charge is 2.09. The first-order chi connectivity index (χ1) is 10.1. The van der Waals surface area contributed by atoms with Crippen LogP contribution in [0.5, 0.6) is 5.75 Å². The highest BCUT2D eigenvalue weighted by molar-refractivity contribution is 6.33. The third-order valence-corrected chi connectivity index (χ3v) is 3.88. The maximum Gasteiger partial charge on any atom is 0.119 e. The molecule has 2 nitrogen and oxygen atoms in total. The second-order valence-corrected chi connectivity index (χ2v) is 5.77. The fraction of sp³-hybridized carbons (Fsp3) is 0.0625. The van der Waals surface area contributed by atoms with E-state index in [9.17, 15) is 0 Å². The zero-order valence-electron chi connectivity index (χ0n) is 10.8. The lowest BCUT2D eigenvalue weighted by atomic mass is 10.1. The summed E-state index contributed by atoms with van der Waals surface area (Å²) in [5.74, 6) is 0.724. The van der Waals surface area contributed by atoms with Gasteiger partial charge in [-0.2, -0.15) is 0 Å². The van der Waals surface area contributed by atoms with E-state index in [1.165, 1.54) is 0 Å². The number of aromatic nitrogens is 1. The predicted molar refractivity (Wildman–Crippen MR) is 87.5 cm³/mol. The first kappa shape index (κ1) is 14.5. The van der Waals surface area contributed by atoms with Crippen molar-refractivity contribution in [3.05, 3.63) is 69.3 Å². The van der Waals surface area contributed by atoms with E-state index in [1.54, 1.807) is 18.3 Å². The molecular weight excluding hydrogens is 329 g/mol. The van der Waals surface area contributed by atoms with Gasteiger partial charge in [-0.1, -0.05) is 40.9 Å². The normalized spacial score (nSPS) is 10.8. The Bertz CT molecular complexity index is 787. The lowest BCUT2D eigenvalue weighted by Gasteiger charge is -2.10. The van der Waals surface area contributed by atoms with Crippen LogP contribution in [0.15, 0.2) is 48.7 Å². The summed E-state index contributed by atoms with van der Waals surface area (Å²) < 4.78 is 5.75. The number of fused-ring (bicyclic) bond motifs is 1. The SMILES string of the molecule is Clc1ccc(OCc2c(Cl)ccc3cc(Cl)cnc23)cc1. The molecule has 0 fully saturated rings. The molecule has 0 bridgehead atoms. The highest BCUT2D eigenvalue weighted by atomic mass is 35.5. The molecule has 0 unspecified atom stereocenters. The Kier molecular flexibility index (Phi) is 4.20. The number of hydrogen-bond acceptors (Lipinski definition) is 2. The molecule has 21 heavy (non-hydrogen) atoms. The minimum absolute atomic E-state index is 0.326. The van der Waals surface area contributed by atoms with Gasteiger partial charge in [-0.3, -0.25) is 4.98 Å². The summed E-state index contributed by atoms with van der Waals surface area (Å²) >= 11 is 18.1. The van der Waals surface area contributed by atoms with Gasteiger partial charge in [0.2, 0.25) is 0 Å². The zero-order chi connectivity index (χ0) is 14.8. The van der Waals surface area contributed by atoms with E-state index in [-0.39, 0.29) is 0 Å². The van der Waals surface area contributed by atoms with Gasteiger partial charge in [0.15, 0.2) is 0 Å². The molecule has 0 N–H and O–H groups in total. The van der Waals surface area contributed by atoms with Crippen molar-refractivity contribution < 1.29 is 4.74 Å². The first-order valence-electron chi connectivity index (χ1n) is 6.24. The first-order valence-corrected chi connectivity index (χ1v) is 7.38. The summed E-state index contributed by atoms with van der Waals surface area (Å²) in [7, 11) is 0. The summed E-state index contributed by atoms with van der Waals surface area (Å²) in [6, 6.07) is 12.7. The molecule has 0 amide bonds. The predicted octanol–water partition coefficient (Wildman–Crippen LogP) is 5.77. The van der Waals surface area contributed by atoms with Crippen LogP contribution in [-0.4, -0.2) is 4.98 Å². The Hall–Kier alpha value is -1.48. The van der Waals surface area contributed by atoms with E-state index in [2.05, 4.69) is 4.98 Å². The number of nitrogens with zero attached hydrogens (tertiary/aromatic N) is 1. The average molecular weight is 339 g/mol. The van der Waals surface area contributed by atoms with Gasteiger partial charge in [-0.15, -0.1) is 0 Å². The van der Waals surface area contributed by atoms with Gasteiger partial charge in [-0.05, 0) is 36.4 Å². The second-order valence-electron chi connectivity index (χ2n) is 4.49. The number of rotatable bonds is 3. The maximum atomic E-state index is 6.26. The minimum Gasteiger partial charge on any atom is -0.489 e. The molecule has 0 radical (unpaired) electrons. The van der Waals surface area contributed by atoms with Crippen LogP contribution in [0, 0.1) is 0 Å². The molecule has 1 aromatic heterocycles. The van der Waals surface area contributed by atoms with Gasteiger partial charge in [0.05, 0.1) is 10.5 Å². The zero-order valence-corrected chi connectivity index (χ0v) is 13.1. The van der Waals surface area contributed by atoms with Gasteiger partial charge in [0, 0.05) is 27.2 Å². The third kappa shape index (κ3) is 3.24.